The van der Waals surface area contributed by atoms with Gasteiger partial charge in [-0.25, -0.2) is 9.78 Å². The summed E-state index contributed by atoms with van der Waals surface area (Å²) in [6.45, 7) is 6.01. The Bertz CT molecular complexity index is 380. The molecule has 1 N–H and O–H groups in total. The Kier molecular flexibility index (Phi) is 4.55. The van der Waals surface area contributed by atoms with Crippen molar-refractivity contribution >= 4 is 23.3 Å². The van der Waals surface area contributed by atoms with Gasteiger partial charge in [0.1, 0.15) is 10.7 Å². The van der Waals surface area contributed by atoms with E-state index in [1.165, 1.54) is 0 Å². The number of hydrogen-bond donors (Lipinski definition) is 1. The lowest BCUT2D eigenvalue weighted by Crippen LogP contribution is -2.15. The molecule has 88 valence electrons. The van der Waals surface area contributed by atoms with Crippen LogP contribution < -0.4 is 5.32 Å². The SMILES string of the molecule is CCOC(=O)c1c(NC(C)C)ccnc1Cl. The lowest BCUT2D eigenvalue weighted by molar-refractivity contribution is 0.0527. The van der Waals surface area contributed by atoms with Crippen molar-refractivity contribution in [2.75, 3.05) is 11.9 Å². The molecular weight excluding hydrogens is 228 g/mol. The van der Waals surface area contributed by atoms with E-state index in [0.717, 1.165) is 0 Å². The van der Waals surface area contributed by atoms with Gasteiger partial charge in [-0.05, 0) is 26.8 Å². The van der Waals surface area contributed by atoms with E-state index in [1.807, 2.05) is 13.8 Å². The molecule has 0 fully saturated rings. The predicted octanol–water partition coefficient (Wildman–Crippen LogP) is 2.73. The fraction of sp³-hybridized carbons (Fsp3) is 0.455. The van der Waals surface area contributed by atoms with Gasteiger partial charge in [0.15, 0.2) is 0 Å². The first-order valence-corrected chi connectivity index (χ1v) is 5.52. The van der Waals surface area contributed by atoms with Gasteiger partial charge < -0.3 is 10.1 Å². The van der Waals surface area contributed by atoms with E-state index < -0.39 is 5.97 Å². The fourth-order valence-corrected chi connectivity index (χ4v) is 1.50. The van der Waals surface area contributed by atoms with Gasteiger partial charge in [-0.15, -0.1) is 0 Å². The molecule has 1 aromatic rings. The van der Waals surface area contributed by atoms with Crippen molar-refractivity contribution in [3.8, 4) is 0 Å². The molecule has 4 nitrogen and oxygen atoms in total. The molecule has 0 aliphatic carbocycles. The number of rotatable bonds is 4. The molecule has 0 saturated carbocycles. The maximum absolute atomic E-state index is 11.7. The lowest BCUT2D eigenvalue weighted by Gasteiger charge is -2.14. The van der Waals surface area contributed by atoms with Gasteiger partial charge in [0, 0.05) is 12.2 Å². The molecule has 1 aromatic heterocycles. The van der Waals surface area contributed by atoms with Crippen molar-refractivity contribution < 1.29 is 9.53 Å². The average Bonchev–Trinajstić information content (AvgIpc) is 2.16. The highest BCUT2D eigenvalue weighted by molar-refractivity contribution is 6.33. The molecule has 0 spiro atoms. The van der Waals surface area contributed by atoms with E-state index in [4.69, 9.17) is 16.3 Å². The van der Waals surface area contributed by atoms with Crippen molar-refractivity contribution in [1.82, 2.24) is 4.98 Å². The van der Waals surface area contributed by atoms with Crippen molar-refractivity contribution in [1.29, 1.82) is 0 Å². The molecule has 0 amide bonds. The van der Waals surface area contributed by atoms with Crippen molar-refractivity contribution in [3.63, 3.8) is 0 Å². The third kappa shape index (κ3) is 3.10. The minimum atomic E-state index is -0.455. The first kappa shape index (κ1) is 12.8. The molecule has 0 saturated heterocycles. The highest BCUT2D eigenvalue weighted by Gasteiger charge is 2.18. The zero-order valence-corrected chi connectivity index (χ0v) is 10.3. The maximum atomic E-state index is 11.7. The van der Waals surface area contributed by atoms with Crippen LogP contribution in [0.5, 0.6) is 0 Å². The molecule has 0 aromatic carbocycles. The van der Waals surface area contributed by atoms with E-state index in [-0.39, 0.29) is 11.2 Å². The Labute approximate surface area is 100.0 Å². The van der Waals surface area contributed by atoms with Gasteiger partial charge in [-0.3, -0.25) is 0 Å². The zero-order chi connectivity index (χ0) is 12.1. The molecular formula is C11H15ClN2O2. The number of carbonyl (C=O) groups excluding carboxylic acids is 1. The quantitative estimate of drug-likeness (QED) is 0.652. The van der Waals surface area contributed by atoms with Gasteiger partial charge in [0.2, 0.25) is 0 Å². The highest BCUT2D eigenvalue weighted by Crippen LogP contribution is 2.23. The summed E-state index contributed by atoms with van der Waals surface area (Å²) in [7, 11) is 0. The van der Waals surface area contributed by atoms with Crippen molar-refractivity contribution in [2.24, 2.45) is 0 Å². The summed E-state index contributed by atoms with van der Waals surface area (Å²) in [6.07, 6.45) is 1.55. The number of pyridine rings is 1. The normalized spacial score (nSPS) is 10.3. The first-order chi connectivity index (χ1) is 7.56. The van der Waals surface area contributed by atoms with E-state index in [0.29, 0.717) is 17.9 Å². The number of ether oxygens (including phenoxy) is 1. The Balaban J connectivity index is 3.07. The molecule has 1 rings (SSSR count). The predicted molar refractivity (Wildman–Crippen MR) is 64.0 cm³/mol. The average molecular weight is 243 g/mol. The second-order valence-electron chi connectivity index (χ2n) is 3.54. The van der Waals surface area contributed by atoms with Crippen LogP contribution in [-0.4, -0.2) is 23.6 Å². The molecule has 0 atom stereocenters. The second kappa shape index (κ2) is 5.70. The van der Waals surface area contributed by atoms with Crippen molar-refractivity contribution in [3.05, 3.63) is 23.0 Å². The van der Waals surface area contributed by atoms with E-state index >= 15 is 0 Å². The van der Waals surface area contributed by atoms with Crippen LogP contribution in [0.25, 0.3) is 0 Å². The lowest BCUT2D eigenvalue weighted by atomic mass is 10.2. The maximum Gasteiger partial charge on any atom is 0.343 e. The van der Waals surface area contributed by atoms with Crippen LogP contribution >= 0.6 is 11.6 Å². The van der Waals surface area contributed by atoms with Crippen molar-refractivity contribution in [2.45, 2.75) is 26.8 Å². The molecule has 0 unspecified atom stereocenters. The Hall–Kier alpha value is -1.29. The van der Waals surface area contributed by atoms with Gasteiger partial charge >= 0.3 is 5.97 Å². The summed E-state index contributed by atoms with van der Waals surface area (Å²) < 4.78 is 4.93. The van der Waals surface area contributed by atoms with Crippen LogP contribution in [-0.2, 0) is 4.74 Å². The van der Waals surface area contributed by atoms with Gasteiger partial charge in [-0.1, -0.05) is 11.6 Å². The molecule has 0 bridgehead atoms. The third-order valence-corrected chi connectivity index (χ3v) is 2.12. The first-order valence-electron chi connectivity index (χ1n) is 5.14. The monoisotopic (exact) mass is 242 g/mol. The number of aromatic nitrogens is 1. The molecule has 16 heavy (non-hydrogen) atoms. The minimum absolute atomic E-state index is 0.157. The third-order valence-electron chi connectivity index (χ3n) is 1.83. The summed E-state index contributed by atoms with van der Waals surface area (Å²) in [4.78, 5) is 15.6. The smallest absolute Gasteiger partial charge is 0.343 e. The summed E-state index contributed by atoms with van der Waals surface area (Å²) >= 11 is 5.89. The summed E-state index contributed by atoms with van der Waals surface area (Å²) in [5.74, 6) is -0.455. The molecule has 5 heteroatoms. The number of esters is 1. The van der Waals surface area contributed by atoms with Gasteiger partial charge in [0.05, 0.1) is 12.3 Å². The van der Waals surface area contributed by atoms with Crippen LogP contribution in [0.1, 0.15) is 31.1 Å². The largest absolute Gasteiger partial charge is 0.462 e. The number of carbonyl (C=O) groups is 1. The molecule has 0 aliphatic rings. The molecule has 0 aliphatic heterocycles. The number of anilines is 1. The Morgan fingerprint density at radius 1 is 1.62 bits per heavy atom. The standard InChI is InChI=1S/C11H15ClN2O2/c1-4-16-11(15)9-8(14-7(2)3)5-6-13-10(9)12/h5-7H,4H2,1-3H3,(H,13,14). The van der Waals surface area contributed by atoms with Crippen LogP contribution in [0.4, 0.5) is 5.69 Å². The van der Waals surface area contributed by atoms with Crippen LogP contribution in [0.3, 0.4) is 0 Å². The van der Waals surface area contributed by atoms with Crippen LogP contribution in [0.2, 0.25) is 5.15 Å². The van der Waals surface area contributed by atoms with Crippen LogP contribution in [0, 0.1) is 0 Å². The Morgan fingerprint density at radius 3 is 2.88 bits per heavy atom. The number of nitrogens with zero attached hydrogens (tertiary/aromatic N) is 1. The second-order valence-corrected chi connectivity index (χ2v) is 3.90. The van der Waals surface area contributed by atoms with Crippen LogP contribution in [0.15, 0.2) is 12.3 Å². The van der Waals surface area contributed by atoms with Gasteiger partial charge in [0.25, 0.3) is 0 Å². The van der Waals surface area contributed by atoms with E-state index in [2.05, 4.69) is 10.3 Å². The fourth-order valence-electron chi connectivity index (χ4n) is 1.26. The molecule has 1 heterocycles. The topological polar surface area (TPSA) is 51.2 Å². The summed E-state index contributed by atoms with van der Waals surface area (Å²) in [5.41, 5.74) is 0.938. The van der Waals surface area contributed by atoms with E-state index in [9.17, 15) is 4.79 Å². The molecule has 0 radical (unpaired) electrons. The van der Waals surface area contributed by atoms with Gasteiger partial charge in [-0.2, -0.15) is 0 Å². The Morgan fingerprint density at radius 2 is 2.31 bits per heavy atom. The number of halogens is 1. The zero-order valence-electron chi connectivity index (χ0n) is 9.58. The number of nitrogens with one attached hydrogen (secondary N) is 1. The van der Waals surface area contributed by atoms with E-state index in [1.54, 1.807) is 19.2 Å². The highest BCUT2D eigenvalue weighted by atomic mass is 35.5. The summed E-state index contributed by atoms with van der Waals surface area (Å²) in [5, 5.41) is 3.28. The summed E-state index contributed by atoms with van der Waals surface area (Å²) in [6, 6.07) is 1.91. The number of hydrogen-bond acceptors (Lipinski definition) is 4. The minimum Gasteiger partial charge on any atom is -0.462 e.